The van der Waals surface area contributed by atoms with Gasteiger partial charge in [0.25, 0.3) is 0 Å². The predicted molar refractivity (Wildman–Crippen MR) is 74.5 cm³/mol. The van der Waals surface area contributed by atoms with Crippen LogP contribution < -0.4 is 5.32 Å². The van der Waals surface area contributed by atoms with Crippen molar-refractivity contribution in [2.75, 3.05) is 27.2 Å². The van der Waals surface area contributed by atoms with Crippen LogP contribution in [0, 0.1) is 5.41 Å². The molecule has 0 radical (unpaired) electrons. The SMILES string of the molecule is CNCC1(CN(C)Cc2ccoc2)CCCCC1. The Kier molecular flexibility index (Phi) is 4.84. The smallest absolute Gasteiger partial charge is 0.0947 e. The van der Waals surface area contributed by atoms with E-state index in [-0.39, 0.29) is 0 Å². The maximum atomic E-state index is 5.14. The minimum Gasteiger partial charge on any atom is -0.472 e. The van der Waals surface area contributed by atoms with Gasteiger partial charge in [-0.25, -0.2) is 0 Å². The molecule has 3 nitrogen and oxygen atoms in total. The van der Waals surface area contributed by atoms with Crippen LogP contribution in [-0.2, 0) is 6.54 Å². The van der Waals surface area contributed by atoms with Gasteiger partial charge in [-0.3, -0.25) is 0 Å². The summed E-state index contributed by atoms with van der Waals surface area (Å²) in [5, 5.41) is 3.40. The summed E-state index contributed by atoms with van der Waals surface area (Å²) in [5.41, 5.74) is 1.75. The Labute approximate surface area is 111 Å². The molecule has 1 aromatic rings. The fraction of sp³-hybridized carbons (Fsp3) is 0.733. The third-order valence-electron chi connectivity index (χ3n) is 4.10. The third kappa shape index (κ3) is 3.59. The molecule has 0 atom stereocenters. The van der Waals surface area contributed by atoms with Gasteiger partial charge in [0, 0.05) is 25.2 Å². The van der Waals surface area contributed by atoms with Crippen LogP contribution in [0.3, 0.4) is 0 Å². The number of hydrogen-bond acceptors (Lipinski definition) is 3. The molecule has 0 unspecified atom stereocenters. The summed E-state index contributed by atoms with van der Waals surface area (Å²) >= 11 is 0. The van der Waals surface area contributed by atoms with Gasteiger partial charge in [0.1, 0.15) is 0 Å². The van der Waals surface area contributed by atoms with Crippen molar-refractivity contribution in [3.05, 3.63) is 24.2 Å². The minimum absolute atomic E-state index is 0.478. The van der Waals surface area contributed by atoms with Crippen molar-refractivity contribution in [1.82, 2.24) is 10.2 Å². The maximum Gasteiger partial charge on any atom is 0.0947 e. The van der Waals surface area contributed by atoms with E-state index in [9.17, 15) is 0 Å². The monoisotopic (exact) mass is 250 g/mol. The van der Waals surface area contributed by atoms with Crippen molar-refractivity contribution in [3.8, 4) is 0 Å². The van der Waals surface area contributed by atoms with Gasteiger partial charge in [0.15, 0.2) is 0 Å². The van der Waals surface area contributed by atoms with Crippen molar-refractivity contribution in [1.29, 1.82) is 0 Å². The highest BCUT2D eigenvalue weighted by Crippen LogP contribution is 2.36. The number of nitrogens with zero attached hydrogens (tertiary/aromatic N) is 1. The van der Waals surface area contributed by atoms with Crippen LogP contribution >= 0.6 is 0 Å². The van der Waals surface area contributed by atoms with Gasteiger partial charge in [0.2, 0.25) is 0 Å². The number of hydrogen-bond donors (Lipinski definition) is 1. The van der Waals surface area contributed by atoms with Crippen LogP contribution in [-0.4, -0.2) is 32.1 Å². The summed E-state index contributed by atoms with van der Waals surface area (Å²) in [7, 11) is 4.30. The zero-order chi connectivity index (χ0) is 12.8. The lowest BCUT2D eigenvalue weighted by Crippen LogP contribution is -2.43. The Morgan fingerprint density at radius 1 is 1.33 bits per heavy atom. The first-order chi connectivity index (χ1) is 8.74. The van der Waals surface area contributed by atoms with E-state index in [0.29, 0.717) is 5.41 Å². The molecule has 1 fully saturated rings. The Bertz CT molecular complexity index is 323. The molecule has 18 heavy (non-hydrogen) atoms. The largest absolute Gasteiger partial charge is 0.472 e. The molecule has 3 heteroatoms. The minimum atomic E-state index is 0.478. The normalized spacial score (nSPS) is 19.3. The zero-order valence-electron chi connectivity index (χ0n) is 11.7. The van der Waals surface area contributed by atoms with Gasteiger partial charge in [-0.2, -0.15) is 0 Å². The molecule has 1 aliphatic carbocycles. The van der Waals surface area contributed by atoms with Crippen LogP contribution in [0.25, 0.3) is 0 Å². The summed E-state index contributed by atoms with van der Waals surface area (Å²) in [5.74, 6) is 0. The van der Waals surface area contributed by atoms with E-state index in [2.05, 4.69) is 30.4 Å². The molecule has 2 rings (SSSR count). The second-order valence-electron chi connectivity index (χ2n) is 5.89. The van der Waals surface area contributed by atoms with Gasteiger partial charge in [-0.15, -0.1) is 0 Å². The quantitative estimate of drug-likeness (QED) is 0.841. The standard InChI is InChI=1S/C15H26N2O/c1-16-12-15(7-4-3-5-8-15)13-17(2)10-14-6-9-18-11-14/h6,9,11,16H,3-5,7-8,10,12-13H2,1-2H3. The van der Waals surface area contributed by atoms with Crippen molar-refractivity contribution in [2.24, 2.45) is 5.41 Å². The second kappa shape index (κ2) is 6.39. The van der Waals surface area contributed by atoms with E-state index >= 15 is 0 Å². The Balaban J connectivity index is 1.91. The molecule has 1 N–H and O–H groups in total. The predicted octanol–water partition coefficient (Wildman–Crippen LogP) is 2.88. The molecule has 0 bridgehead atoms. The molecule has 1 heterocycles. The Morgan fingerprint density at radius 2 is 2.11 bits per heavy atom. The Hall–Kier alpha value is -0.800. The molecule has 102 valence electrons. The first-order valence-electron chi connectivity index (χ1n) is 7.08. The summed E-state index contributed by atoms with van der Waals surface area (Å²) in [6, 6.07) is 2.06. The number of nitrogens with one attached hydrogen (secondary N) is 1. The zero-order valence-corrected chi connectivity index (χ0v) is 11.7. The molecule has 0 aromatic carbocycles. The summed E-state index contributed by atoms with van der Waals surface area (Å²) in [4.78, 5) is 2.44. The summed E-state index contributed by atoms with van der Waals surface area (Å²) < 4.78 is 5.14. The topological polar surface area (TPSA) is 28.4 Å². The molecular weight excluding hydrogens is 224 g/mol. The molecule has 0 saturated heterocycles. The molecule has 1 aliphatic rings. The van der Waals surface area contributed by atoms with E-state index < -0.39 is 0 Å². The van der Waals surface area contributed by atoms with Crippen LogP contribution in [0.2, 0.25) is 0 Å². The first-order valence-corrected chi connectivity index (χ1v) is 7.08. The van der Waals surface area contributed by atoms with E-state index in [1.165, 1.54) is 44.2 Å². The molecule has 0 amide bonds. The fourth-order valence-corrected chi connectivity index (χ4v) is 3.39. The highest BCUT2D eigenvalue weighted by molar-refractivity contribution is 5.05. The number of rotatable bonds is 6. The lowest BCUT2D eigenvalue weighted by molar-refractivity contribution is 0.116. The molecule has 0 aliphatic heterocycles. The van der Waals surface area contributed by atoms with Crippen molar-refractivity contribution < 1.29 is 4.42 Å². The molecule has 0 spiro atoms. The average Bonchev–Trinajstić information content (AvgIpc) is 2.83. The van der Waals surface area contributed by atoms with Crippen molar-refractivity contribution >= 4 is 0 Å². The lowest BCUT2D eigenvalue weighted by Gasteiger charge is -2.40. The highest BCUT2D eigenvalue weighted by atomic mass is 16.3. The van der Waals surface area contributed by atoms with Gasteiger partial charge in [0.05, 0.1) is 12.5 Å². The van der Waals surface area contributed by atoms with Gasteiger partial charge < -0.3 is 14.6 Å². The van der Waals surface area contributed by atoms with E-state index in [4.69, 9.17) is 4.42 Å². The molecular formula is C15H26N2O. The van der Waals surface area contributed by atoms with Crippen LogP contribution in [0.15, 0.2) is 23.0 Å². The van der Waals surface area contributed by atoms with Crippen LogP contribution in [0.5, 0.6) is 0 Å². The third-order valence-corrected chi connectivity index (χ3v) is 4.10. The van der Waals surface area contributed by atoms with Gasteiger partial charge >= 0.3 is 0 Å². The molecule has 1 saturated carbocycles. The van der Waals surface area contributed by atoms with Crippen LogP contribution in [0.4, 0.5) is 0 Å². The summed E-state index contributed by atoms with van der Waals surface area (Å²) in [6.45, 7) is 3.31. The van der Waals surface area contributed by atoms with E-state index in [1.807, 2.05) is 6.26 Å². The van der Waals surface area contributed by atoms with E-state index in [1.54, 1.807) is 6.26 Å². The average molecular weight is 250 g/mol. The highest BCUT2D eigenvalue weighted by Gasteiger charge is 2.32. The van der Waals surface area contributed by atoms with E-state index in [0.717, 1.165) is 13.1 Å². The Morgan fingerprint density at radius 3 is 2.72 bits per heavy atom. The van der Waals surface area contributed by atoms with Crippen LogP contribution in [0.1, 0.15) is 37.7 Å². The lowest BCUT2D eigenvalue weighted by atomic mass is 9.73. The molecule has 1 aromatic heterocycles. The van der Waals surface area contributed by atoms with Crippen molar-refractivity contribution in [3.63, 3.8) is 0 Å². The summed E-state index contributed by atoms with van der Waals surface area (Å²) in [6.07, 6.45) is 10.5. The number of furan rings is 1. The second-order valence-corrected chi connectivity index (χ2v) is 5.89. The maximum absolute atomic E-state index is 5.14. The fourth-order valence-electron chi connectivity index (χ4n) is 3.39. The van der Waals surface area contributed by atoms with Gasteiger partial charge in [-0.05, 0) is 38.4 Å². The van der Waals surface area contributed by atoms with Gasteiger partial charge in [-0.1, -0.05) is 19.3 Å². The van der Waals surface area contributed by atoms with Crippen molar-refractivity contribution in [2.45, 2.75) is 38.6 Å². The first kappa shape index (κ1) is 13.6.